The van der Waals surface area contributed by atoms with Crippen molar-refractivity contribution in [3.63, 3.8) is 0 Å². The van der Waals surface area contributed by atoms with Crippen LogP contribution in [-0.4, -0.2) is 16.9 Å². The maximum Gasteiger partial charge on any atom is 0.303 e. The van der Waals surface area contributed by atoms with E-state index in [1.54, 1.807) is 6.92 Å². The Kier molecular flexibility index (Phi) is 11.7. The molecule has 1 N–H and O–H groups in total. The van der Waals surface area contributed by atoms with E-state index in [-0.39, 0.29) is 0 Å². The number of hydrogen-bond acceptors (Lipinski definition) is 2. The molecule has 0 saturated carbocycles. The quantitative estimate of drug-likeness (QED) is 0.759. The van der Waals surface area contributed by atoms with Gasteiger partial charge in [-0.2, -0.15) is 0 Å². The molecule has 0 atom stereocenters. The first-order valence-electron chi connectivity index (χ1n) is 5.96. The third-order valence-electron chi connectivity index (χ3n) is 2.01. The highest BCUT2D eigenvalue weighted by atomic mass is 16.4. The number of carbonyl (C=O) groups excluding carboxylic acids is 1. The summed E-state index contributed by atoms with van der Waals surface area (Å²) >= 11 is 0. The second-order valence-electron chi connectivity index (χ2n) is 4.96. The van der Waals surface area contributed by atoms with E-state index >= 15 is 0 Å². The minimum Gasteiger partial charge on any atom is -0.481 e. The van der Waals surface area contributed by atoms with Gasteiger partial charge >= 0.3 is 5.97 Å². The first-order valence-corrected chi connectivity index (χ1v) is 5.96. The van der Waals surface area contributed by atoms with E-state index in [0.717, 1.165) is 19.3 Å². The molecule has 0 saturated heterocycles. The van der Waals surface area contributed by atoms with Crippen LogP contribution in [0.5, 0.6) is 0 Å². The smallest absolute Gasteiger partial charge is 0.303 e. The normalized spacial score (nSPS) is 9.94. The lowest BCUT2D eigenvalue weighted by molar-refractivity contribution is -0.137. The van der Waals surface area contributed by atoms with Crippen LogP contribution in [0.3, 0.4) is 0 Å². The molecule has 0 aliphatic carbocycles. The largest absolute Gasteiger partial charge is 0.481 e. The van der Waals surface area contributed by atoms with Gasteiger partial charge in [-0.25, -0.2) is 0 Å². The molecule has 3 nitrogen and oxygen atoms in total. The molecule has 0 rings (SSSR count). The molecule has 0 aromatic rings. The van der Waals surface area contributed by atoms with Crippen molar-refractivity contribution in [3.05, 3.63) is 0 Å². The number of carbonyl (C=O) groups is 2. The van der Waals surface area contributed by atoms with E-state index in [2.05, 4.69) is 13.8 Å². The molecule has 0 amide bonds. The monoisotopic (exact) mass is 230 g/mol. The van der Waals surface area contributed by atoms with Gasteiger partial charge in [0.25, 0.3) is 0 Å². The summed E-state index contributed by atoms with van der Waals surface area (Å²) < 4.78 is 0. The highest BCUT2D eigenvalue weighted by Crippen LogP contribution is 2.02. The van der Waals surface area contributed by atoms with E-state index in [9.17, 15) is 9.59 Å². The Bertz CT molecular complexity index is 173. The van der Waals surface area contributed by atoms with Crippen LogP contribution in [0, 0.1) is 11.8 Å². The van der Waals surface area contributed by atoms with E-state index in [4.69, 9.17) is 5.11 Å². The maximum atomic E-state index is 10.3. The highest BCUT2D eigenvalue weighted by molar-refractivity contribution is 5.75. The fourth-order valence-electron chi connectivity index (χ4n) is 0.904. The van der Waals surface area contributed by atoms with Crippen LogP contribution in [0.2, 0.25) is 0 Å². The zero-order valence-corrected chi connectivity index (χ0v) is 11.2. The van der Waals surface area contributed by atoms with Gasteiger partial charge in [0.1, 0.15) is 5.78 Å². The molecule has 0 heterocycles. The molecule has 0 aromatic heterocycles. The van der Waals surface area contributed by atoms with Gasteiger partial charge in [0.15, 0.2) is 0 Å². The fourth-order valence-corrected chi connectivity index (χ4v) is 0.904. The van der Waals surface area contributed by atoms with E-state index in [1.807, 2.05) is 13.8 Å². The lowest BCUT2D eigenvalue weighted by Crippen LogP contribution is -1.97. The van der Waals surface area contributed by atoms with E-state index in [0.29, 0.717) is 24.0 Å². The molecular formula is C13H26O3. The second-order valence-corrected chi connectivity index (χ2v) is 4.96. The van der Waals surface area contributed by atoms with Gasteiger partial charge in [-0.1, -0.05) is 27.7 Å². The third kappa shape index (κ3) is 23.2. The second kappa shape index (κ2) is 10.7. The van der Waals surface area contributed by atoms with Crippen LogP contribution in [-0.2, 0) is 9.59 Å². The van der Waals surface area contributed by atoms with Crippen LogP contribution >= 0.6 is 0 Å². The number of Topliss-reactive ketones (excluding diaryl/α,β-unsaturated/α-hetero) is 1. The summed E-state index contributed by atoms with van der Waals surface area (Å²) in [4.78, 5) is 20.3. The van der Waals surface area contributed by atoms with Crippen LogP contribution in [0.25, 0.3) is 0 Å². The zero-order chi connectivity index (χ0) is 13.1. The lowest BCUT2D eigenvalue weighted by Gasteiger charge is -1.98. The summed E-state index contributed by atoms with van der Waals surface area (Å²) in [6.45, 7) is 9.93. The van der Waals surface area contributed by atoms with Crippen molar-refractivity contribution in [2.45, 2.75) is 60.3 Å². The molecule has 0 aliphatic rings. The standard InChI is InChI=1S/C7H14O.C6H12O2/c1-6(2)4-5-7(3)8;1-5(2)3-4-6(7)8/h6H,4-5H2,1-3H3;5H,3-4H2,1-2H3,(H,7,8). The number of aliphatic carboxylic acids is 1. The molecule has 0 radical (unpaired) electrons. The molecule has 0 fully saturated rings. The van der Waals surface area contributed by atoms with Gasteiger partial charge in [0.05, 0.1) is 0 Å². The molecular weight excluding hydrogens is 204 g/mol. The number of carboxylic acid groups (broad SMARTS) is 1. The fraction of sp³-hybridized carbons (Fsp3) is 0.846. The van der Waals surface area contributed by atoms with Crippen LogP contribution in [0.4, 0.5) is 0 Å². The van der Waals surface area contributed by atoms with Crippen molar-refractivity contribution in [2.24, 2.45) is 11.8 Å². The van der Waals surface area contributed by atoms with E-state index in [1.165, 1.54) is 0 Å². The van der Waals surface area contributed by atoms with Crippen molar-refractivity contribution >= 4 is 11.8 Å². The summed E-state index contributed by atoms with van der Waals surface area (Å²) in [5.74, 6) is 0.780. The van der Waals surface area contributed by atoms with Gasteiger partial charge in [0.2, 0.25) is 0 Å². The first-order chi connectivity index (χ1) is 7.25. The average Bonchev–Trinajstić information content (AvgIpc) is 2.12. The summed E-state index contributed by atoms with van der Waals surface area (Å²) in [7, 11) is 0. The maximum absolute atomic E-state index is 10.3. The molecule has 0 unspecified atom stereocenters. The molecule has 0 aromatic carbocycles. The van der Waals surface area contributed by atoms with Crippen molar-refractivity contribution in [2.75, 3.05) is 0 Å². The summed E-state index contributed by atoms with van der Waals surface area (Å²) in [6.07, 6.45) is 2.88. The van der Waals surface area contributed by atoms with Gasteiger partial charge in [-0.15, -0.1) is 0 Å². The van der Waals surface area contributed by atoms with Crippen molar-refractivity contribution in [1.82, 2.24) is 0 Å². The molecule has 16 heavy (non-hydrogen) atoms. The SMILES string of the molecule is CC(=O)CCC(C)C.CC(C)CCC(=O)O. The minimum absolute atomic E-state index is 0.303. The van der Waals surface area contributed by atoms with Gasteiger partial charge in [-0.05, 0) is 31.6 Å². The van der Waals surface area contributed by atoms with Gasteiger partial charge in [0, 0.05) is 12.8 Å². The molecule has 0 spiro atoms. The Balaban J connectivity index is 0. The van der Waals surface area contributed by atoms with Crippen LogP contribution in [0.15, 0.2) is 0 Å². The summed E-state index contributed by atoms with van der Waals surface area (Å²) in [5, 5.41) is 8.16. The lowest BCUT2D eigenvalue weighted by atomic mass is 10.1. The first kappa shape index (κ1) is 17.5. The van der Waals surface area contributed by atoms with E-state index < -0.39 is 5.97 Å². The Morgan fingerprint density at radius 2 is 1.31 bits per heavy atom. The third-order valence-corrected chi connectivity index (χ3v) is 2.01. The highest BCUT2D eigenvalue weighted by Gasteiger charge is 1.98. The number of carboxylic acids is 1. The minimum atomic E-state index is -0.696. The van der Waals surface area contributed by atoms with Crippen LogP contribution < -0.4 is 0 Å². The topological polar surface area (TPSA) is 54.4 Å². The van der Waals surface area contributed by atoms with Crippen molar-refractivity contribution in [3.8, 4) is 0 Å². The number of ketones is 1. The zero-order valence-electron chi connectivity index (χ0n) is 11.2. The number of hydrogen-bond donors (Lipinski definition) is 1. The summed E-state index contributed by atoms with van der Waals surface area (Å²) in [6, 6.07) is 0. The van der Waals surface area contributed by atoms with Gasteiger partial charge < -0.3 is 9.90 Å². The summed E-state index contributed by atoms with van der Waals surface area (Å²) in [5.41, 5.74) is 0. The van der Waals surface area contributed by atoms with Gasteiger partial charge in [-0.3, -0.25) is 4.79 Å². The average molecular weight is 230 g/mol. The Hall–Kier alpha value is -0.860. The Morgan fingerprint density at radius 1 is 0.938 bits per heavy atom. The Morgan fingerprint density at radius 3 is 1.44 bits per heavy atom. The van der Waals surface area contributed by atoms with Crippen molar-refractivity contribution < 1.29 is 14.7 Å². The molecule has 3 heteroatoms. The molecule has 96 valence electrons. The molecule has 0 aliphatic heterocycles. The number of rotatable bonds is 6. The molecule has 0 bridgehead atoms. The predicted molar refractivity (Wildman–Crippen MR) is 66.5 cm³/mol. The predicted octanol–water partition coefficient (Wildman–Crippen LogP) is 3.52. The Labute approximate surface area is 99.2 Å². The van der Waals surface area contributed by atoms with Crippen molar-refractivity contribution in [1.29, 1.82) is 0 Å². The van der Waals surface area contributed by atoms with Crippen LogP contribution in [0.1, 0.15) is 60.3 Å².